The van der Waals surface area contributed by atoms with Crippen LogP contribution in [0.5, 0.6) is 0 Å². The van der Waals surface area contributed by atoms with Gasteiger partial charge < -0.3 is 10.4 Å². The van der Waals surface area contributed by atoms with Gasteiger partial charge >= 0.3 is 5.97 Å². The molecule has 0 aliphatic carbocycles. The maximum Gasteiger partial charge on any atom is 0.307 e. The Morgan fingerprint density at radius 1 is 1.64 bits per heavy atom. The van der Waals surface area contributed by atoms with Crippen molar-refractivity contribution in [1.29, 1.82) is 0 Å². The molecule has 1 fully saturated rings. The molecule has 1 heterocycles. The molecule has 0 aromatic heterocycles. The van der Waals surface area contributed by atoms with Crippen LogP contribution in [-0.4, -0.2) is 23.5 Å². The minimum atomic E-state index is -0.859. The molecule has 1 unspecified atom stereocenters. The molecule has 0 saturated carbocycles. The fourth-order valence-corrected chi connectivity index (χ4v) is 1.19. The summed E-state index contributed by atoms with van der Waals surface area (Å²) in [6.45, 7) is 0.614. The number of amides is 1. The zero-order valence-electron chi connectivity index (χ0n) is 6.17. The first-order chi connectivity index (χ1) is 5.20. The standard InChI is InChI=1S/C7H11NO3/c9-6-4-5(7(10)11)2-1-3-8-6/h5H,1-4H2,(H,8,9)(H,10,11). The number of carboxylic acids is 1. The van der Waals surface area contributed by atoms with Gasteiger partial charge in [0.1, 0.15) is 0 Å². The predicted molar refractivity (Wildman–Crippen MR) is 38.0 cm³/mol. The highest BCUT2D eigenvalue weighted by molar-refractivity contribution is 5.82. The Hall–Kier alpha value is -1.06. The lowest BCUT2D eigenvalue weighted by Gasteiger charge is -2.04. The Labute approximate surface area is 64.6 Å². The number of hydrogen-bond acceptors (Lipinski definition) is 2. The summed E-state index contributed by atoms with van der Waals surface area (Å²) in [5.74, 6) is -1.48. The van der Waals surface area contributed by atoms with Crippen molar-refractivity contribution in [3.8, 4) is 0 Å². The predicted octanol–water partition coefficient (Wildman–Crippen LogP) is -0.0127. The van der Waals surface area contributed by atoms with Gasteiger partial charge in [0.25, 0.3) is 0 Å². The number of carbonyl (C=O) groups excluding carboxylic acids is 1. The highest BCUT2D eigenvalue weighted by Gasteiger charge is 2.22. The van der Waals surface area contributed by atoms with Crippen LogP contribution in [-0.2, 0) is 9.59 Å². The molecule has 4 heteroatoms. The first-order valence-electron chi connectivity index (χ1n) is 3.69. The summed E-state index contributed by atoms with van der Waals surface area (Å²) in [4.78, 5) is 21.3. The Kier molecular flexibility index (Phi) is 2.46. The van der Waals surface area contributed by atoms with Gasteiger partial charge in [0.15, 0.2) is 0 Å². The van der Waals surface area contributed by atoms with Gasteiger partial charge in [-0.25, -0.2) is 0 Å². The molecule has 1 aliphatic rings. The van der Waals surface area contributed by atoms with Gasteiger partial charge in [0.2, 0.25) is 5.91 Å². The minimum absolute atomic E-state index is 0.134. The van der Waals surface area contributed by atoms with Gasteiger partial charge in [0.05, 0.1) is 5.92 Å². The summed E-state index contributed by atoms with van der Waals surface area (Å²) < 4.78 is 0. The first-order valence-corrected chi connectivity index (χ1v) is 3.69. The average molecular weight is 157 g/mol. The van der Waals surface area contributed by atoms with Gasteiger partial charge in [-0.3, -0.25) is 9.59 Å². The van der Waals surface area contributed by atoms with Crippen LogP contribution in [0.1, 0.15) is 19.3 Å². The molecule has 1 aliphatic heterocycles. The fourth-order valence-electron chi connectivity index (χ4n) is 1.19. The van der Waals surface area contributed by atoms with Crippen molar-refractivity contribution in [3.63, 3.8) is 0 Å². The van der Waals surface area contributed by atoms with E-state index in [2.05, 4.69) is 5.32 Å². The van der Waals surface area contributed by atoms with Crippen LogP contribution >= 0.6 is 0 Å². The van der Waals surface area contributed by atoms with Crippen molar-refractivity contribution < 1.29 is 14.7 Å². The highest BCUT2D eigenvalue weighted by atomic mass is 16.4. The Balaban J connectivity index is 2.52. The van der Waals surface area contributed by atoms with Gasteiger partial charge in [-0.2, -0.15) is 0 Å². The highest BCUT2D eigenvalue weighted by Crippen LogP contribution is 2.13. The summed E-state index contributed by atoms with van der Waals surface area (Å²) in [7, 11) is 0. The largest absolute Gasteiger partial charge is 0.481 e. The second-order valence-corrected chi connectivity index (χ2v) is 2.73. The topological polar surface area (TPSA) is 66.4 Å². The maximum atomic E-state index is 10.8. The first kappa shape index (κ1) is 8.04. The molecule has 2 N–H and O–H groups in total. The lowest BCUT2D eigenvalue weighted by atomic mass is 10.0. The lowest BCUT2D eigenvalue weighted by Crippen LogP contribution is -2.24. The zero-order chi connectivity index (χ0) is 8.27. The number of carbonyl (C=O) groups is 2. The van der Waals surface area contributed by atoms with Crippen molar-refractivity contribution in [2.24, 2.45) is 5.92 Å². The molecule has 62 valence electrons. The molecule has 0 bridgehead atoms. The molecule has 4 nitrogen and oxygen atoms in total. The van der Waals surface area contributed by atoms with E-state index in [1.54, 1.807) is 0 Å². The molecule has 1 saturated heterocycles. The van der Waals surface area contributed by atoms with E-state index in [9.17, 15) is 9.59 Å². The number of carboxylic acid groups (broad SMARTS) is 1. The molecule has 1 atom stereocenters. The third kappa shape index (κ3) is 2.22. The third-order valence-electron chi connectivity index (χ3n) is 1.83. The fraction of sp³-hybridized carbons (Fsp3) is 0.714. The van der Waals surface area contributed by atoms with Gasteiger partial charge in [-0.1, -0.05) is 0 Å². The molecule has 1 amide bonds. The van der Waals surface area contributed by atoms with Crippen LogP contribution in [0.4, 0.5) is 0 Å². The average Bonchev–Trinajstić information content (AvgIpc) is 2.13. The molecular weight excluding hydrogens is 146 g/mol. The van der Waals surface area contributed by atoms with Gasteiger partial charge in [-0.15, -0.1) is 0 Å². The van der Waals surface area contributed by atoms with Crippen LogP contribution in [0.2, 0.25) is 0 Å². The van der Waals surface area contributed by atoms with Crippen molar-refractivity contribution in [2.75, 3.05) is 6.54 Å². The van der Waals surface area contributed by atoms with E-state index in [1.165, 1.54) is 0 Å². The van der Waals surface area contributed by atoms with Crippen molar-refractivity contribution >= 4 is 11.9 Å². The Morgan fingerprint density at radius 2 is 2.36 bits per heavy atom. The molecule has 0 radical (unpaired) electrons. The second kappa shape index (κ2) is 3.37. The van der Waals surface area contributed by atoms with Crippen LogP contribution in [0, 0.1) is 5.92 Å². The molecule has 11 heavy (non-hydrogen) atoms. The number of hydrogen-bond donors (Lipinski definition) is 2. The van der Waals surface area contributed by atoms with E-state index in [0.717, 1.165) is 6.42 Å². The molecule has 0 aromatic carbocycles. The van der Waals surface area contributed by atoms with Gasteiger partial charge in [-0.05, 0) is 12.8 Å². The number of nitrogens with one attached hydrogen (secondary N) is 1. The minimum Gasteiger partial charge on any atom is -0.481 e. The smallest absolute Gasteiger partial charge is 0.307 e. The third-order valence-corrected chi connectivity index (χ3v) is 1.83. The Morgan fingerprint density at radius 3 is 3.00 bits per heavy atom. The summed E-state index contributed by atoms with van der Waals surface area (Å²) in [5, 5.41) is 11.2. The lowest BCUT2D eigenvalue weighted by molar-refractivity contribution is -0.143. The monoisotopic (exact) mass is 157 g/mol. The van der Waals surface area contributed by atoms with E-state index in [4.69, 9.17) is 5.11 Å². The SMILES string of the molecule is O=C1CC(C(=O)O)CCCN1. The summed E-state index contributed by atoms with van der Waals surface area (Å²) in [6.07, 6.45) is 1.51. The van der Waals surface area contributed by atoms with Crippen LogP contribution in [0.25, 0.3) is 0 Å². The summed E-state index contributed by atoms with van der Waals surface area (Å²) >= 11 is 0. The van der Waals surface area contributed by atoms with Crippen molar-refractivity contribution in [2.45, 2.75) is 19.3 Å². The van der Waals surface area contributed by atoms with E-state index in [0.29, 0.717) is 13.0 Å². The van der Waals surface area contributed by atoms with Crippen LogP contribution in [0.3, 0.4) is 0 Å². The Bertz CT molecular complexity index is 179. The maximum absolute atomic E-state index is 10.8. The van der Waals surface area contributed by atoms with Crippen molar-refractivity contribution in [1.82, 2.24) is 5.32 Å². The number of rotatable bonds is 1. The quantitative estimate of drug-likeness (QED) is 0.562. The van der Waals surface area contributed by atoms with E-state index in [1.807, 2.05) is 0 Å². The normalized spacial score (nSPS) is 25.5. The number of aliphatic carboxylic acids is 1. The summed E-state index contributed by atoms with van der Waals surface area (Å²) in [6, 6.07) is 0. The van der Waals surface area contributed by atoms with E-state index >= 15 is 0 Å². The van der Waals surface area contributed by atoms with Crippen molar-refractivity contribution in [3.05, 3.63) is 0 Å². The molecule has 0 aromatic rings. The molecule has 1 rings (SSSR count). The van der Waals surface area contributed by atoms with Crippen LogP contribution in [0.15, 0.2) is 0 Å². The van der Waals surface area contributed by atoms with Gasteiger partial charge in [0, 0.05) is 13.0 Å². The van der Waals surface area contributed by atoms with E-state index < -0.39 is 11.9 Å². The molecular formula is C7H11NO3. The summed E-state index contributed by atoms with van der Waals surface area (Å²) in [5.41, 5.74) is 0. The molecule has 0 spiro atoms. The van der Waals surface area contributed by atoms with Crippen LogP contribution < -0.4 is 5.32 Å². The van der Waals surface area contributed by atoms with E-state index in [-0.39, 0.29) is 12.3 Å². The zero-order valence-corrected chi connectivity index (χ0v) is 6.17. The second-order valence-electron chi connectivity index (χ2n) is 2.73.